The smallest absolute Gasteiger partial charge is 0.292 e. The van der Waals surface area contributed by atoms with E-state index in [1.807, 2.05) is 35.2 Å². The Morgan fingerprint density at radius 3 is 2.55 bits per heavy atom. The fourth-order valence-corrected chi connectivity index (χ4v) is 3.83. The van der Waals surface area contributed by atoms with Crippen LogP contribution >= 0.6 is 0 Å². The molecule has 2 aromatic rings. The summed E-state index contributed by atoms with van der Waals surface area (Å²) in [6.45, 7) is 4.76. The maximum absolute atomic E-state index is 12.5. The first kappa shape index (κ1) is 22.6. The van der Waals surface area contributed by atoms with Crippen LogP contribution in [0.4, 0.5) is 11.4 Å². The summed E-state index contributed by atoms with van der Waals surface area (Å²) in [6.07, 6.45) is 4.33. The number of unbranched alkanes of at least 4 members (excludes halogenated alkanes) is 1. The summed E-state index contributed by atoms with van der Waals surface area (Å²) in [5, 5.41) is 14.3. The zero-order valence-electron chi connectivity index (χ0n) is 18.1. The molecule has 3 rings (SSSR count). The molecule has 0 unspecified atom stereocenters. The van der Waals surface area contributed by atoms with Crippen molar-refractivity contribution in [3.63, 3.8) is 0 Å². The molecule has 1 saturated heterocycles. The number of para-hydroxylation sites is 2. The zero-order valence-corrected chi connectivity index (χ0v) is 18.1. The number of piperidine rings is 1. The van der Waals surface area contributed by atoms with E-state index in [0.717, 1.165) is 37.2 Å². The number of benzene rings is 2. The van der Waals surface area contributed by atoms with Crippen LogP contribution in [0.25, 0.3) is 0 Å². The summed E-state index contributed by atoms with van der Waals surface area (Å²) in [6, 6.07) is 14.8. The molecule has 1 N–H and O–H groups in total. The molecule has 1 amide bonds. The highest BCUT2D eigenvalue weighted by molar-refractivity contribution is 5.79. The van der Waals surface area contributed by atoms with E-state index < -0.39 is 0 Å². The molecule has 1 aliphatic heterocycles. The number of carbonyl (C=O) groups is 1. The molecule has 1 heterocycles. The highest BCUT2D eigenvalue weighted by Crippen LogP contribution is 2.31. The SMILES string of the molecule is CCCCOc1ccc(CCNC(=O)C2CCN(c3ccccc3[N+](=O)[O-])CC2)cc1. The Morgan fingerprint density at radius 1 is 1.16 bits per heavy atom. The van der Waals surface area contributed by atoms with E-state index in [1.54, 1.807) is 12.1 Å². The fourth-order valence-electron chi connectivity index (χ4n) is 3.83. The summed E-state index contributed by atoms with van der Waals surface area (Å²) in [5.41, 5.74) is 1.91. The molecule has 0 saturated carbocycles. The Labute approximate surface area is 183 Å². The van der Waals surface area contributed by atoms with Crippen LogP contribution in [0.1, 0.15) is 38.2 Å². The molecule has 0 radical (unpaired) electrons. The first-order chi connectivity index (χ1) is 15.1. The van der Waals surface area contributed by atoms with Crippen molar-refractivity contribution in [1.29, 1.82) is 0 Å². The molecule has 1 fully saturated rings. The number of nitrogens with zero attached hydrogens (tertiary/aromatic N) is 2. The minimum atomic E-state index is -0.349. The second kappa shape index (κ2) is 11.3. The van der Waals surface area contributed by atoms with Crippen LogP contribution < -0.4 is 15.0 Å². The molecule has 1 aliphatic rings. The third-order valence-electron chi connectivity index (χ3n) is 5.69. The van der Waals surface area contributed by atoms with Gasteiger partial charge >= 0.3 is 0 Å². The highest BCUT2D eigenvalue weighted by Gasteiger charge is 2.27. The lowest BCUT2D eigenvalue weighted by Gasteiger charge is -2.32. The number of carbonyl (C=O) groups excluding carboxylic acids is 1. The van der Waals surface area contributed by atoms with Crippen molar-refractivity contribution in [2.45, 2.75) is 39.0 Å². The van der Waals surface area contributed by atoms with E-state index in [1.165, 1.54) is 6.07 Å². The third-order valence-corrected chi connectivity index (χ3v) is 5.69. The van der Waals surface area contributed by atoms with Gasteiger partial charge < -0.3 is 15.0 Å². The average Bonchev–Trinajstić information content (AvgIpc) is 2.80. The lowest BCUT2D eigenvalue weighted by molar-refractivity contribution is -0.384. The van der Waals surface area contributed by atoms with E-state index in [0.29, 0.717) is 38.2 Å². The number of nitro groups is 1. The van der Waals surface area contributed by atoms with Gasteiger partial charge in [0.25, 0.3) is 5.69 Å². The molecule has 0 aromatic heterocycles. The Hall–Kier alpha value is -3.09. The van der Waals surface area contributed by atoms with Gasteiger partial charge in [0, 0.05) is 31.6 Å². The largest absolute Gasteiger partial charge is 0.494 e. The van der Waals surface area contributed by atoms with Crippen molar-refractivity contribution >= 4 is 17.3 Å². The Bertz CT molecular complexity index is 861. The molecule has 2 aromatic carbocycles. The summed E-state index contributed by atoms with van der Waals surface area (Å²) < 4.78 is 5.67. The molecule has 0 spiro atoms. The molecule has 0 aliphatic carbocycles. The Balaban J connectivity index is 1.41. The van der Waals surface area contributed by atoms with Crippen LogP contribution in [0.5, 0.6) is 5.75 Å². The predicted octanol–water partition coefficient (Wildman–Crippen LogP) is 4.35. The Morgan fingerprint density at radius 2 is 1.87 bits per heavy atom. The first-order valence-electron chi connectivity index (χ1n) is 11.1. The van der Waals surface area contributed by atoms with E-state index in [2.05, 4.69) is 12.2 Å². The van der Waals surface area contributed by atoms with Crippen molar-refractivity contribution < 1.29 is 14.5 Å². The summed E-state index contributed by atoms with van der Waals surface area (Å²) >= 11 is 0. The molecular weight excluding hydrogens is 394 g/mol. The number of nitro benzene ring substituents is 1. The highest BCUT2D eigenvalue weighted by atomic mass is 16.6. The van der Waals surface area contributed by atoms with Gasteiger partial charge in [-0.25, -0.2) is 0 Å². The van der Waals surface area contributed by atoms with Gasteiger partial charge in [0.2, 0.25) is 5.91 Å². The number of hydrogen-bond donors (Lipinski definition) is 1. The van der Waals surface area contributed by atoms with Crippen molar-refractivity contribution in [3.05, 3.63) is 64.2 Å². The van der Waals surface area contributed by atoms with Crippen LogP contribution in [0.2, 0.25) is 0 Å². The number of amides is 1. The number of nitrogens with one attached hydrogen (secondary N) is 1. The molecular formula is C24H31N3O4. The van der Waals surface area contributed by atoms with Gasteiger partial charge in [-0.1, -0.05) is 37.6 Å². The summed E-state index contributed by atoms with van der Waals surface area (Å²) in [4.78, 5) is 25.5. The zero-order chi connectivity index (χ0) is 22.1. The van der Waals surface area contributed by atoms with Crippen LogP contribution in [0.3, 0.4) is 0 Å². The fraction of sp³-hybridized carbons (Fsp3) is 0.458. The average molecular weight is 426 g/mol. The predicted molar refractivity (Wildman–Crippen MR) is 122 cm³/mol. The van der Waals surface area contributed by atoms with Crippen molar-refractivity contribution in [3.8, 4) is 5.75 Å². The van der Waals surface area contributed by atoms with Gasteiger partial charge in [0.05, 0.1) is 11.5 Å². The molecule has 31 heavy (non-hydrogen) atoms. The third kappa shape index (κ3) is 6.44. The summed E-state index contributed by atoms with van der Waals surface area (Å²) in [7, 11) is 0. The molecule has 166 valence electrons. The first-order valence-corrected chi connectivity index (χ1v) is 11.1. The van der Waals surface area contributed by atoms with Gasteiger partial charge in [0.1, 0.15) is 11.4 Å². The van der Waals surface area contributed by atoms with E-state index in [-0.39, 0.29) is 22.4 Å². The van der Waals surface area contributed by atoms with Crippen molar-refractivity contribution in [2.75, 3.05) is 31.1 Å². The van der Waals surface area contributed by atoms with E-state index in [4.69, 9.17) is 4.74 Å². The molecule has 7 heteroatoms. The van der Waals surface area contributed by atoms with Gasteiger partial charge in [0.15, 0.2) is 0 Å². The van der Waals surface area contributed by atoms with Crippen molar-refractivity contribution in [1.82, 2.24) is 5.32 Å². The quantitative estimate of drug-likeness (QED) is 0.348. The molecule has 0 bridgehead atoms. The van der Waals surface area contributed by atoms with E-state index >= 15 is 0 Å². The molecule has 0 atom stereocenters. The Kier molecular flexibility index (Phi) is 8.27. The second-order valence-electron chi connectivity index (χ2n) is 7.89. The monoisotopic (exact) mass is 425 g/mol. The number of ether oxygens (including phenoxy) is 1. The van der Waals surface area contributed by atoms with Crippen LogP contribution in [0.15, 0.2) is 48.5 Å². The maximum Gasteiger partial charge on any atom is 0.292 e. The number of hydrogen-bond acceptors (Lipinski definition) is 5. The number of anilines is 1. The van der Waals surface area contributed by atoms with Gasteiger partial charge in [-0.3, -0.25) is 14.9 Å². The summed E-state index contributed by atoms with van der Waals surface area (Å²) in [5.74, 6) is 0.904. The number of rotatable bonds is 10. The minimum absolute atomic E-state index is 0.0478. The van der Waals surface area contributed by atoms with Gasteiger partial charge in [-0.15, -0.1) is 0 Å². The minimum Gasteiger partial charge on any atom is -0.494 e. The lowest BCUT2D eigenvalue weighted by atomic mass is 9.95. The van der Waals surface area contributed by atoms with Gasteiger partial charge in [-0.05, 0) is 49.4 Å². The topological polar surface area (TPSA) is 84.7 Å². The maximum atomic E-state index is 12.5. The van der Waals surface area contributed by atoms with Crippen molar-refractivity contribution in [2.24, 2.45) is 5.92 Å². The lowest BCUT2D eigenvalue weighted by Crippen LogP contribution is -2.41. The van der Waals surface area contributed by atoms with Gasteiger partial charge in [-0.2, -0.15) is 0 Å². The second-order valence-corrected chi connectivity index (χ2v) is 7.89. The van der Waals surface area contributed by atoms with Crippen LogP contribution in [-0.4, -0.2) is 37.1 Å². The normalized spacial score (nSPS) is 14.3. The van der Waals surface area contributed by atoms with Crippen LogP contribution in [0, 0.1) is 16.0 Å². The standard InChI is InChI=1S/C24H31N3O4/c1-2-3-18-31-21-10-8-19(9-11-21)12-15-25-24(28)20-13-16-26(17-14-20)22-6-4-5-7-23(22)27(29)30/h4-11,20H,2-3,12-18H2,1H3,(H,25,28). The van der Waals surface area contributed by atoms with Crippen LogP contribution in [-0.2, 0) is 11.2 Å². The van der Waals surface area contributed by atoms with E-state index in [9.17, 15) is 14.9 Å². The molecule has 7 nitrogen and oxygen atoms in total.